The second-order valence-corrected chi connectivity index (χ2v) is 6.33. The van der Waals surface area contributed by atoms with Crippen molar-refractivity contribution in [1.29, 1.82) is 0 Å². The predicted octanol–water partition coefficient (Wildman–Crippen LogP) is 3.32. The SMILES string of the molecule is O=S1(=O)N[C@H](/C=C/c2ccccc2)c2cc(Cl)ccc2O1. The summed E-state index contributed by atoms with van der Waals surface area (Å²) in [5.41, 5.74) is 1.66. The van der Waals surface area contributed by atoms with Crippen molar-refractivity contribution in [2.45, 2.75) is 6.04 Å². The number of benzene rings is 2. The molecular weight excluding hydrogens is 310 g/mol. The van der Waals surface area contributed by atoms with Crippen LogP contribution in [-0.2, 0) is 10.3 Å². The number of rotatable bonds is 2. The van der Waals surface area contributed by atoms with Crippen LogP contribution in [0.3, 0.4) is 0 Å². The number of nitrogens with one attached hydrogen (secondary N) is 1. The molecule has 0 amide bonds. The maximum absolute atomic E-state index is 11.7. The zero-order valence-electron chi connectivity index (χ0n) is 10.9. The van der Waals surface area contributed by atoms with Gasteiger partial charge in [0.1, 0.15) is 5.75 Å². The summed E-state index contributed by atoms with van der Waals surface area (Å²) in [7, 11) is -3.81. The van der Waals surface area contributed by atoms with Crippen LogP contribution in [0.4, 0.5) is 0 Å². The van der Waals surface area contributed by atoms with Gasteiger partial charge in [0.15, 0.2) is 0 Å². The number of fused-ring (bicyclic) bond motifs is 1. The van der Waals surface area contributed by atoms with Crippen LogP contribution in [-0.4, -0.2) is 8.42 Å². The van der Waals surface area contributed by atoms with Crippen molar-refractivity contribution < 1.29 is 12.6 Å². The van der Waals surface area contributed by atoms with Crippen LogP contribution in [0, 0.1) is 0 Å². The second-order valence-electron chi connectivity index (χ2n) is 4.58. The first-order valence-electron chi connectivity index (χ1n) is 6.28. The van der Waals surface area contributed by atoms with Gasteiger partial charge in [0, 0.05) is 10.6 Å². The summed E-state index contributed by atoms with van der Waals surface area (Å²) in [5, 5.41) is 0.525. The maximum atomic E-state index is 11.7. The Balaban J connectivity index is 1.98. The first-order valence-corrected chi connectivity index (χ1v) is 8.06. The predicted molar refractivity (Wildman–Crippen MR) is 82.4 cm³/mol. The van der Waals surface area contributed by atoms with Crippen LogP contribution in [0.15, 0.2) is 54.6 Å². The van der Waals surface area contributed by atoms with Crippen LogP contribution in [0.25, 0.3) is 6.08 Å². The summed E-state index contributed by atoms with van der Waals surface area (Å²) in [4.78, 5) is 0. The Kier molecular flexibility index (Phi) is 3.71. The summed E-state index contributed by atoms with van der Waals surface area (Å²) in [5.74, 6) is 0.292. The zero-order chi connectivity index (χ0) is 14.9. The quantitative estimate of drug-likeness (QED) is 0.923. The summed E-state index contributed by atoms with van der Waals surface area (Å²) < 4.78 is 30.8. The Labute approximate surface area is 128 Å². The van der Waals surface area contributed by atoms with Crippen molar-refractivity contribution in [1.82, 2.24) is 4.72 Å². The highest BCUT2D eigenvalue weighted by atomic mass is 35.5. The van der Waals surface area contributed by atoms with Gasteiger partial charge in [-0.25, -0.2) is 0 Å². The lowest BCUT2D eigenvalue weighted by atomic mass is 10.0. The van der Waals surface area contributed by atoms with Gasteiger partial charge in [-0.2, -0.15) is 13.1 Å². The van der Waals surface area contributed by atoms with Gasteiger partial charge in [0.2, 0.25) is 0 Å². The van der Waals surface area contributed by atoms with Crippen LogP contribution >= 0.6 is 11.6 Å². The van der Waals surface area contributed by atoms with E-state index < -0.39 is 16.3 Å². The third kappa shape index (κ3) is 3.26. The van der Waals surface area contributed by atoms with Crippen LogP contribution in [0.2, 0.25) is 5.02 Å². The molecule has 1 heterocycles. The van der Waals surface area contributed by atoms with Crippen LogP contribution in [0.5, 0.6) is 5.75 Å². The van der Waals surface area contributed by atoms with Gasteiger partial charge >= 0.3 is 10.3 Å². The molecule has 0 fully saturated rings. The lowest BCUT2D eigenvalue weighted by molar-refractivity contribution is 0.444. The Morgan fingerprint density at radius 1 is 1.14 bits per heavy atom. The molecule has 108 valence electrons. The van der Waals surface area contributed by atoms with Crippen molar-refractivity contribution in [3.63, 3.8) is 0 Å². The van der Waals surface area contributed by atoms with E-state index in [0.29, 0.717) is 16.3 Å². The normalized spacial score (nSPS) is 20.0. The zero-order valence-corrected chi connectivity index (χ0v) is 12.4. The van der Waals surface area contributed by atoms with Crippen molar-refractivity contribution in [2.75, 3.05) is 0 Å². The molecule has 0 aromatic heterocycles. The molecule has 0 bridgehead atoms. The minimum Gasteiger partial charge on any atom is -0.371 e. The summed E-state index contributed by atoms with van der Waals surface area (Å²) in [6.45, 7) is 0. The van der Waals surface area contributed by atoms with Gasteiger partial charge in [-0.05, 0) is 23.8 Å². The molecule has 0 unspecified atom stereocenters. The van der Waals surface area contributed by atoms with Crippen molar-refractivity contribution in [3.05, 3.63) is 70.8 Å². The Bertz CT molecular complexity index is 788. The first kappa shape index (κ1) is 14.1. The smallest absolute Gasteiger partial charge is 0.371 e. The van der Waals surface area contributed by atoms with Gasteiger partial charge in [-0.15, -0.1) is 0 Å². The summed E-state index contributed by atoms with van der Waals surface area (Å²) in [6, 6.07) is 13.9. The summed E-state index contributed by atoms with van der Waals surface area (Å²) >= 11 is 5.97. The van der Waals surface area contributed by atoms with E-state index in [4.69, 9.17) is 15.8 Å². The molecule has 0 saturated heterocycles. The molecule has 0 aliphatic carbocycles. The molecule has 0 saturated carbocycles. The van der Waals surface area contributed by atoms with E-state index >= 15 is 0 Å². The van der Waals surface area contributed by atoms with Crippen LogP contribution < -0.4 is 8.91 Å². The average Bonchev–Trinajstić information content (AvgIpc) is 2.46. The van der Waals surface area contributed by atoms with E-state index in [9.17, 15) is 8.42 Å². The van der Waals surface area contributed by atoms with Crippen molar-refractivity contribution in [3.8, 4) is 5.75 Å². The highest BCUT2D eigenvalue weighted by molar-refractivity contribution is 7.85. The molecule has 0 radical (unpaired) electrons. The number of halogens is 1. The van der Waals surface area contributed by atoms with Gasteiger partial charge in [0.25, 0.3) is 0 Å². The molecule has 1 aliphatic rings. The van der Waals surface area contributed by atoms with Gasteiger partial charge in [-0.3, -0.25) is 0 Å². The number of hydrogen-bond acceptors (Lipinski definition) is 3. The van der Waals surface area contributed by atoms with E-state index in [-0.39, 0.29) is 0 Å². The van der Waals surface area contributed by atoms with Gasteiger partial charge in [-0.1, -0.05) is 54.1 Å². The Morgan fingerprint density at radius 2 is 1.90 bits per heavy atom. The van der Waals surface area contributed by atoms with Crippen molar-refractivity contribution in [2.24, 2.45) is 0 Å². The molecule has 0 spiro atoms. The molecular formula is C15H12ClNO3S. The topological polar surface area (TPSA) is 55.4 Å². The van der Waals surface area contributed by atoms with Gasteiger partial charge < -0.3 is 4.18 Å². The third-order valence-electron chi connectivity index (χ3n) is 3.06. The van der Waals surface area contributed by atoms with E-state index in [1.807, 2.05) is 36.4 Å². The molecule has 1 aliphatic heterocycles. The number of hydrogen-bond donors (Lipinski definition) is 1. The Hall–Kier alpha value is -1.82. The van der Waals surface area contributed by atoms with E-state index in [2.05, 4.69) is 4.72 Å². The van der Waals surface area contributed by atoms with E-state index in [0.717, 1.165) is 5.56 Å². The average molecular weight is 322 g/mol. The first-order chi connectivity index (χ1) is 10.0. The highest BCUT2D eigenvalue weighted by Gasteiger charge is 2.28. The minimum absolute atomic E-state index is 0.292. The fraction of sp³-hybridized carbons (Fsp3) is 0.0667. The molecule has 3 rings (SSSR count). The summed E-state index contributed by atoms with van der Waals surface area (Å²) in [6.07, 6.45) is 3.62. The molecule has 1 N–H and O–H groups in total. The molecule has 21 heavy (non-hydrogen) atoms. The molecule has 6 heteroatoms. The van der Waals surface area contributed by atoms with Crippen LogP contribution in [0.1, 0.15) is 17.2 Å². The molecule has 2 aromatic carbocycles. The molecule has 2 aromatic rings. The fourth-order valence-corrected chi connectivity index (χ4v) is 3.25. The lowest BCUT2D eigenvalue weighted by Gasteiger charge is -2.24. The fourth-order valence-electron chi connectivity index (χ4n) is 2.11. The largest absolute Gasteiger partial charge is 0.383 e. The van der Waals surface area contributed by atoms with Gasteiger partial charge in [0.05, 0.1) is 6.04 Å². The van der Waals surface area contributed by atoms with Crippen molar-refractivity contribution >= 4 is 28.0 Å². The standard InChI is InChI=1S/C15H12ClNO3S/c16-12-7-9-15-13(10-12)14(17-21(18,19)20-15)8-6-11-4-2-1-3-5-11/h1-10,14,17H/b8-6+/t14-/m1/s1. The molecule has 4 nitrogen and oxygen atoms in total. The Morgan fingerprint density at radius 3 is 2.67 bits per heavy atom. The lowest BCUT2D eigenvalue weighted by Crippen LogP contribution is -2.35. The van der Waals surface area contributed by atoms with E-state index in [1.165, 1.54) is 0 Å². The van der Waals surface area contributed by atoms with E-state index in [1.54, 1.807) is 24.3 Å². The highest BCUT2D eigenvalue weighted by Crippen LogP contribution is 2.34. The monoisotopic (exact) mass is 321 g/mol. The second kappa shape index (κ2) is 5.52. The maximum Gasteiger partial charge on any atom is 0.383 e. The minimum atomic E-state index is -3.81. The molecule has 1 atom stereocenters. The third-order valence-corrected chi connectivity index (χ3v) is 4.24.